The van der Waals surface area contributed by atoms with Gasteiger partial charge in [-0.15, -0.1) is 11.6 Å². The predicted molar refractivity (Wildman–Crippen MR) is 105 cm³/mol. The van der Waals surface area contributed by atoms with E-state index in [1.54, 1.807) is 0 Å². The number of benzene rings is 1. The largest absolute Gasteiger partial charge is 0.496 e. The second-order valence-corrected chi connectivity index (χ2v) is 7.78. The lowest BCUT2D eigenvalue weighted by Gasteiger charge is -2.38. The fraction of sp³-hybridized carbons (Fsp3) is 0.450. The average molecular weight is 424 g/mol. The summed E-state index contributed by atoms with van der Waals surface area (Å²) in [5, 5.41) is 0.148. The monoisotopic (exact) mass is 423 g/mol. The van der Waals surface area contributed by atoms with Crippen LogP contribution in [0.15, 0.2) is 22.3 Å². The number of hydrogen-bond donors (Lipinski definition) is 0. The predicted octanol–water partition coefficient (Wildman–Crippen LogP) is 4.01. The molecular weight excluding hydrogens is 405 g/mol. The van der Waals surface area contributed by atoms with Gasteiger partial charge in [-0.3, -0.25) is 14.6 Å². The standard InChI is InChI=1S/C20H19Cl2NO5/c1-9-6-12-11(5-4-10(8-21)23-12)18(24)20(9)19(25)15-13(26-2)7-14(27-3)16(22)17(15)28-20/h7,9H,4-6,8H2,1-3H3. The maximum absolute atomic E-state index is 13.5. The van der Waals surface area contributed by atoms with E-state index in [0.717, 1.165) is 5.71 Å². The fourth-order valence-corrected chi connectivity index (χ4v) is 4.65. The number of fused-ring (bicyclic) bond motifs is 1. The van der Waals surface area contributed by atoms with E-state index < -0.39 is 17.3 Å². The van der Waals surface area contributed by atoms with Crippen molar-refractivity contribution in [3.63, 3.8) is 0 Å². The van der Waals surface area contributed by atoms with Crippen LogP contribution >= 0.6 is 23.2 Å². The summed E-state index contributed by atoms with van der Waals surface area (Å²) >= 11 is 12.3. The second-order valence-electron chi connectivity index (χ2n) is 7.14. The Morgan fingerprint density at radius 2 is 1.93 bits per heavy atom. The van der Waals surface area contributed by atoms with Crippen LogP contribution in [-0.2, 0) is 4.79 Å². The fourth-order valence-electron chi connectivity index (χ4n) is 4.20. The normalized spacial score (nSPS) is 26.0. The van der Waals surface area contributed by atoms with Gasteiger partial charge in [-0.1, -0.05) is 18.5 Å². The van der Waals surface area contributed by atoms with Crippen LogP contribution in [0.25, 0.3) is 0 Å². The highest BCUT2D eigenvalue weighted by molar-refractivity contribution is 6.36. The summed E-state index contributed by atoms with van der Waals surface area (Å²) < 4.78 is 16.7. The number of aliphatic imine (C=N–C) groups is 1. The first-order chi connectivity index (χ1) is 13.4. The van der Waals surface area contributed by atoms with E-state index in [0.29, 0.717) is 42.2 Å². The Labute approximate surface area is 172 Å². The smallest absolute Gasteiger partial charge is 0.236 e. The molecule has 1 aromatic rings. The van der Waals surface area contributed by atoms with Crippen molar-refractivity contribution < 1.29 is 23.8 Å². The van der Waals surface area contributed by atoms with Crippen LogP contribution in [0.3, 0.4) is 0 Å². The van der Waals surface area contributed by atoms with Gasteiger partial charge in [0.05, 0.1) is 20.1 Å². The molecular formula is C20H19Cl2NO5. The SMILES string of the molecule is COc1cc(OC)c2c(c1Cl)OC1(C(=O)C3=C(CC1C)N=C(CCl)CC3)C2=O. The minimum atomic E-state index is -1.65. The quantitative estimate of drug-likeness (QED) is 0.542. The van der Waals surface area contributed by atoms with Crippen molar-refractivity contribution in [2.45, 2.75) is 31.8 Å². The molecule has 2 aliphatic heterocycles. The van der Waals surface area contributed by atoms with Crippen LogP contribution in [0.1, 0.15) is 36.5 Å². The van der Waals surface area contributed by atoms with Gasteiger partial charge in [0.2, 0.25) is 17.2 Å². The Kier molecular flexibility index (Phi) is 4.67. The number of methoxy groups -OCH3 is 2. The summed E-state index contributed by atoms with van der Waals surface area (Å²) in [5.74, 6) is -0.164. The number of Topliss-reactive ketones (excluding diaryl/α,β-unsaturated/α-hetero) is 2. The van der Waals surface area contributed by atoms with Gasteiger partial charge in [0.1, 0.15) is 22.1 Å². The molecule has 28 heavy (non-hydrogen) atoms. The minimum Gasteiger partial charge on any atom is -0.496 e. The van der Waals surface area contributed by atoms with Crippen molar-refractivity contribution in [1.82, 2.24) is 0 Å². The maximum atomic E-state index is 13.5. The van der Waals surface area contributed by atoms with Gasteiger partial charge in [-0.25, -0.2) is 0 Å². The summed E-state index contributed by atoms with van der Waals surface area (Å²) in [4.78, 5) is 31.6. The number of ketones is 2. The first-order valence-corrected chi connectivity index (χ1v) is 9.87. The van der Waals surface area contributed by atoms with Gasteiger partial charge in [0, 0.05) is 29.0 Å². The van der Waals surface area contributed by atoms with E-state index in [1.807, 2.05) is 6.92 Å². The number of ether oxygens (including phenoxy) is 3. The molecule has 0 aromatic heterocycles. The summed E-state index contributed by atoms with van der Waals surface area (Å²) in [7, 11) is 2.90. The molecule has 0 bridgehead atoms. The number of hydrogen-bond acceptors (Lipinski definition) is 6. The topological polar surface area (TPSA) is 74.2 Å². The molecule has 3 aliphatic rings. The molecule has 0 N–H and O–H groups in total. The van der Waals surface area contributed by atoms with E-state index in [1.165, 1.54) is 20.3 Å². The van der Waals surface area contributed by atoms with Gasteiger partial charge in [-0.05, 0) is 19.3 Å². The van der Waals surface area contributed by atoms with Gasteiger partial charge in [0.15, 0.2) is 5.75 Å². The molecule has 148 valence electrons. The first-order valence-electron chi connectivity index (χ1n) is 8.96. The zero-order valence-corrected chi connectivity index (χ0v) is 17.2. The molecule has 1 aliphatic carbocycles. The summed E-state index contributed by atoms with van der Waals surface area (Å²) in [6.45, 7) is 1.81. The van der Waals surface area contributed by atoms with Crippen LogP contribution in [0.5, 0.6) is 17.2 Å². The Bertz CT molecular complexity index is 968. The number of alkyl halides is 1. The highest BCUT2D eigenvalue weighted by Crippen LogP contribution is 2.54. The summed E-state index contributed by atoms with van der Waals surface area (Å²) in [6.07, 6.45) is 1.53. The third kappa shape index (κ3) is 2.44. The van der Waals surface area contributed by atoms with Crippen LogP contribution in [0.4, 0.5) is 0 Å². The molecule has 0 saturated carbocycles. The molecule has 1 aromatic carbocycles. The number of carbonyl (C=O) groups excluding carboxylic acids is 2. The van der Waals surface area contributed by atoms with Crippen molar-refractivity contribution >= 4 is 40.5 Å². The van der Waals surface area contributed by atoms with E-state index >= 15 is 0 Å². The molecule has 0 saturated heterocycles. The van der Waals surface area contributed by atoms with Gasteiger partial charge in [-0.2, -0.15) is 0 Å². The molecule has 2 atom stereocenters. The van der Waals surface area contributed by atoms with Crippen molar-refractivity contribution in [3.8, 4) is 17.2 Å². The lowest BCUT2D eigenvalue weighted by Crippen LogP contribution is -2.56. The second kappa shape index (κ2) is 6.78. The zero-order valence-electron chi connectivity index (χ0n) is 15.7. The van der Waals surface area contributed by atoms with E-state index in [2.05, 4.69) is 4.99 Å². The van der Waals surface area contributed by atoms with Crippen LogP contribution in [-0.4, -0.2) is 43.0 Å². The van der Waals surface area contributed by atoms with E-state index in [-0.39, 0.29) is 27.9 Å². The number of carbonyl (C=O) groups is 2. The van der Waals surface area contributed by atoms with Gasteiger partial charge < -0.3 is 14.2 Å². The zero-order chi connectivity index (χ0) is 20.2. The van der Waals surface area contributed by atoms with Gasteiger partial charge in [0.25, 0.3) is 0 Å². The Morgan fingerprint density at radius 3 is 2.57 bits per heavy atom. The maximum Gasteiger partial charge on any atom is 0.236 e. The molecule has 6 nitrogen and oxygen atoms in total. The van der Waals surface area contributed by atoms with E-state index in [9.17, 15) is 9.59 Å². The number of allylic oxidation sites excluding steroid dienone is 1. The van der Waals surface area contributed by atoms with Crippen molar-refractivity contribution in [1.29, 1.82) is 0 Å². The van der Waals surface area contributed by atoms with E-state index in [4.69, 9.17) is 37.4 Å². The van der Waals surface area contributed by atoms with Crippen LogP contribution < -0.4 is 14.2 Å². The van der Waals surface area contributed by atoms with Crippen LogP contribution in [0.2, 0.25) is 5.02 Å². The third-order valence-electron chi connectivity index (χ3n) is 5.68. The molecule has 0 radical (unpaired) electrons. The Balaban J connectivity index is 1.87. The van der Waals surface area contributed by atoms with Crippen LogP contribution in [0, 0.1) is 5.92 Å². The molecule has 2 unspecified atom stereocenters. The first kappa shape index (κ1) is 19.3. The van der Waals surface area contributed by atoms with Gasteiger partial charge >= 0.3 is 0 Å². The lowest BCUT2D eigenvalue weighted by atomic mass is 9.70. The Hall–Kier alpha value is -2.05. The van der Waals surface area contributed by atoms with Crippen molar-refractivity contribution in [2.24, 2.45) is 10.9 Å². The minimum absolute atomic E-state index is 0.132. The molecule has 1 spiro atoms. The molecule has 0 fully saturated rings. The molecule has 4 rings (SSSR count). The molecule has 2 heterocycles. The van der Waals surface area contributed by atoms with Crippen molar-refractivity contribution in [3.05, 3.63) is 27.9 Å². The molecule has 8 heteroatoms. The summed E-state index contributed by atoms with van der Waals surface area (Å²) in [6, 6.07) is 1.53. The number of halogens is 2. The van der Waals surface area contributed by atoms with Crippen molar-refractivity contribution in [2.75, 3.05) is 20.1 Å². The molecule has 0 amide bonds. The average Bonchev–Trinajstić information content (AvgIpc) is 3.01. The number of rotatable bonds is 3. The third-order valence-corrected chi connectivity index (χ3v) is 6.35. The summed E-state index contributed by atoms with van der Waals surface area (Å²) in [5.41, 5.74) is 0.618. The highest BCUT2D eigenvalue weighted by atomic mass is 35.5. The Morgan fingerprint density at radius 1 is 1.21 bits per heavy atom. The number of nitrogens with zero attached hydrogens (tertiary/aromatic N) is 1. The lowest BCUT2D eigenvalue weighted by molar-refractivity contribution is -0.130. The highest BCUT2D eigenvalue weighted by Gasteiger charge is 2.62.